The molecule has 3 aromatic heterocycles. The number of nitrogens with zero attached hydrogens (tertiary/aromatic N) is 5. The molecule has 0 saturated heterocycles. The lowest BCUT2D eigenvalue weighted by atomic mass is 10.0. The Kier molecular flexibility index (Phi) is 7.32. The highest BCUT2D eigenvalue weighted by molar-refractivity contribution is 7.15. The van der Waals surface area contributed by atoms with Crippen molar-refractivity contribution in [3.05, 3.63) is 91.5 Å². The molecule has 0 radical (unpaired) electrons. The van der Waals surface area contributed by atoms with Crippen LogP contribution in [0, 0.1) is 17.0 Å². The predicted octanol–water partition coefficient (Wildman–Crippen LogP) is 5.29. The highest BCUT2D eigenvalue weighted by Crippen LogP contribution is 2.35. The molecule has 0 fully saturated rings. The zero-order valence-electron chi connectivity index (χ0n) is 20.6. The quantitative estimate of drug-likeness (QED) is 0.187. The van der Waals surface area contributed by atoms with Crippen LogP contribution < -0.4 is 10.1 Å². The topological polar surface area (TPSA) is 123 Å². The van der Waals surface area contributed by atoms with Crippen LogP contribution in [0.2, 0.25) is 5.15 Å². The van der Waals surface area contributed by atoms with Crippen LogP contribution in [0.1, 0.15) is 32.2 Å². The normalized spacial score (nSPS) is 13.1. The van der Waals surface area contributed by atoms with Gasteiger partial charge in [0.25, 0.3) is 11.6 Å². The number of benzene rings is 1. The molecule has 0 spiro atoms. The second kappa shape index (κ2) is 10.8. The molecule has 4 heterocycles. The molecule has 10 nitrogen and oxygen atoms in total. The number of pyridine rings is 2. The lowest BCUT2D eigenvalue weighted by molar-refractivity contribution is -0.384. The number of fused-ring (bicyclic) bond motifs is 1. The number of aryl methyl sites for hydroxylation is 1. The van der Waals surface area contributed by atoms with Crippen molar-refractivity contribution >= 4 is 39.7 Å². The maximum absolute atomic E-state index is 13.4. The van der Waals surface area contributed by atoms with Gasteiger partial charge in [-0.05, 0) is 24.6 Å². The van der Waals surface area contributed by atoms with E-state index < -0.39 is 4.92 Å². The Balaban J connectivity index is 1.33. The highest BCUT2D eigenvalue weighted by Gasteiger charge is 2.23. The summed E-state index contributed by atoms with van der Waals surface area (Å²) in [5, 5.41) is 14.6. The number of ether oxygens (including phenoxy) is 1. The number of anilines is 1. The Labute approximate surface area is 227 Å². The van der Waals surface area contributed by atoms with Gasteiger partial charge in [-0.1, -0.05) is 23.7 Å². The Morgan fingerprint density at radius 1 is 1.21 bits per heavy atom. The Morgan fingerprint density at radius 2 is 2.00 bits per heavy atom. The van der Waals surface area contributed by atoms with Crippen molar-refractivity contribution in [1.82, 2.24) is 19.9 Å². The molecule has 1 amide bonds. The second-order valence-electron chi connectivity index (χ2n) is 8.81. The standard InChI is InChI=1S/C26H23ClN6O4S/c1-15-9-18(19-10-24(27)29-12-22(19)37-2)20(11-28-15)25(34)31-26-30-21-7-8-32(14-23(21)38-26)13-16-3-5-17(6-4-16)33(35)36/h3-6,9-12H,7-8,13-14H2,1-2H3,(H,30,31,34). The molecule has 0 saturated carbocycles. The van der Waals surface area contributed by atoms with Gasteiger partial charge in [-0.15, -0.1) is 11.3 Å². The summed E-state index contributed by atoms with van der Waals surface area (Å²) in [5.74, 6) is 0.156. The van der Waals surface area contributed by atoms with E-state index in [0.29, 0.717) is 40.7 Å². The molecule has 194 valence electrons. The van der Waals surface area contributed by atoms with Crippen LogP contribution in [0.3, 0.4) is 0 Å². The van der Waals surface area contributed by atoms with E-state index in [1.54, 1.807) is 18.2 Å². The first-order valence-corrected chi connectivity index (χ1v) is 12.9. The van der Waals surface area contributed by atoms with E-state index in [2.05, 4.69) is 25.2 Å². The Bertz CT molecular complexity index is 1520. The fourth-order valence-electron chi connectivity index (χ4n) is 4.34. The molecule has 0 aliphatic carbocycles. The van der Waals surface area contributed by atoms with Crippen LogP contribution in [-0.2, 0) is 19.5 Å². The molecule has 38 heavy (non-hydrogen) atoms. The maximum atomic E-state index is 13.4. The van der Waals surface area contributed by atoms with Crippen molar-refractivity contribution in [2.75, 3.05) is 19.0 Å². The summed E-state index contributed by atoms with van der Waals surface area (Å²) < 4.78 is 5.45. The molecule has 5 rings (SSSR count). The number of amides is 1. The number of aromatic nitrogens is 3. The molecule has 1 aliphatic heterocycles. The van der Waals surface area contributed by atoms with Gasteiger partial charge in [0.2, 0.25) is 0 Å². The lowest BCUT2D eigenvalue weighted by Crippen LogP contribution is -2.29. The molecule has 0 unspecified atom stereocenters. The minimum Gasteiger partial charge on any atom is -0.494 e. The fraction of sp³-hybridized carbons (Fsp3) is 0.231. The minimum absolute atomic E-state index is 0.0786. The monoisotopic (exact) mass is 550 g/mol. The largest absolute Gasteiger partial charge is 0.494 e. The first kappa shape index (κ1) is 25.7. The number of thiazole rings is 1. The number of carbonyl (C=O) groups is 1. The number of hydrogen-bond donors (Lipinski definition) is 1. The molecular formula is C26H23ClN6O4S. The smallest absolute Gasteiger partial charge is 0.269 e. The average molecular weight is 551 g/mol. The number of rotatable bonds is 7. The summed E-state index contributed by atoms with van der Waals surface area (Å²) in [5.41, 5.74) is 4.43. The summed E-state index contributed by atoms with van der Waals surface area (Å²) in [7, 11) is 1.53. The molecule has 1 N–H and O–H groups in total. The Hall–Kier alpha value is -3.93. The minimum atomic E-state index is -0.400. The van der Waals surface area contributed by atoms with Gasteiger partial charge in [0, 0.05) is 66.1 Å². The third kappa shape index (κ3) is 5.49. The second-order valence-corrected chi connectivity index (χ2v) is 10.3. The van der Waals surface area contributed by atoms with Crippen LogP contribution in [0.4, 0.5) is 10.8 Å². The number of hydrogen-bond acceptors (Lipinski definition) is 9. The van der Waals surface area contributed by atoms with Crippen molar-refractivity contribution in [2.24, 2.45) is 0 Å². The number of carbonyl (C=O) groups excluding carboxylic acids is 1. The summed E-state index contributed by atoms with van der Waals surface area (Å²) >= 11 is 7.59. The van der Waals surface area contributed by atoms with Gasteiger partial charge in [-0.25, -0.2) is 9.97 Å². The SMILES string of the molecule is COc1cnc(Cl)cc1-c1cc(C)ncc1C(=O)Nc1nc2c(s1)CN(Cc1ccc([N+](=O)[O-])cc1)CC2. The van der Waals surface area contributed by atoms with Crippen LogP contribution in [0.15, 0.2) is 48.8 Å². The van der Waals surface area contributed by atoms with E-state index in [4.69, 9.17) is 16.3 Å². The van der Waals surface area contributed by atoms with E-state index in [0.717, 1.165) is 34.8 Å². The van der Waals surface area contributed by atoms with E-state index in [-0.39, 0.29) is 16.7 Å². The van der Waals surface area contributed by atoms with E-state index in [1.807, 2.05) is 13.0 Å². The molecule has 12 heteroatoms. The molecule has 1 aromatic carbocycles. The summed E-state index contributed by atoms with van der Waals surface area (Å²) in [6.45, 7) is 4.00. The van der Waals surface area contributed by atoms with Crippen molar-refractivity contribution < 1.29 is 14.5 Å². The predicted molar refractivity (Wildman–Crippen MR) is 145 cm³/mol. The maximum Gasteiger partial charge on any atom is 0.269 e. The van der Waals surface area contributed by atoms with Crippen LogP contribution >= 0.6 is 22.9 Å². The van der Waals surface area contributed by atoms with E-state index in [1.165, 1.54) is 43.0 Å². The van der Waals surface area contributed by atoms with Gasteiger partial charge >= 0.3 is 0 Å². The van der Waals surface area contributed by atoms with E-state index in [9.17, 15) is 14.9 Å². The third-order valence-corrected chi connectivity index (χ3v) is 7.42. The summed E-state index contributed by atoms with van der Waals surface area (Å²) in [6, 6.07) is 10.1. The number of non-ortho nitro benzene ring substituents is 1. The molecule has 0 atom stereocenters. The molecular weight excluding hydrogens is 528 g/mol. The fourth-order valence-corrected chi connectivity index (χ4v) is 5.54. The average Bonchev–Trinajstić information content (AvgIpc) is 3.30. The molecule has 1 aliphatic rings. The van der Waals surface area contributed by atoms with Gasteiger partial charge in [0.1, 0.15) is 10.9 Å². The van der Waals surface area contributed by atoms with Crippen LogP contribution in [0.5, 0.6) is 5.75 Å². The third-order valence-electron chi connectivity index (χ3n) is 6.21. The van der Waals surface area contributed by atoms with Crippen molar-refractivity contribution in [2.45, 2.75) is 26.4 Å². The number of nitro groups is 1. The molecule has 4 aromatic rings. The highest BCUT2D eigenvalue weighted by atomic mass is 35.5. The Morgan fingerprint density at radius 3 is 2.74 bits per heavy atom. The van der Waals surface area contributed by atoms with Gasteiger partial charge in [-0.3, -0.25) is 30.1 Å². The van der Waals surface area contributed by atoms with Crippen molar-refractivity contribution in [3.63, 3.8) is 0 Å². The molecule has 0 bridgehead atoms. The number of methoxy groups -OCH3 is 1. The zero-order valence-corrected chi connectivity index (χ0v) is 22.2. The number of nitro benzene ring substituents is 1. The number of nitrogens with one attached hydrogen (secondary N) is 1. The van der Waals surface area contributed by atoms with Gasteiger partial charge in [0.05, 0.1) is 29.5 Å². The van der Waals surface area contributed by atoms with Gasteiger partial charge in [-0.2, -0.15) is 0 Å². The lowest BCUT2D eigenvalue weighted by Gasteiger charge is -2.25. The van der Waals surface area contributed by atoms with Gasteiger partial charge in [0.15, 0.2) is 5.13 Å². The van der Waals surface area contributed by atoms with Crippen LogP contribution in [0.25, 0.3) is 11.1 Å². The van der Waals surface area contributed by atoms with E-state index >= 15 is 0 Å². The first-order valence-electron chi connectivity index (χ1n) is 11.7. The number of halogens is 1. The van der Waals surface area contributed by atoms with Crippen molar-refractivity contribution in [1.29, 1.82) is 0 Å². The first-order chi connectivity index (χ1) is 18.3. The zero-order chi connectivity index (χ0) is 26.8. The van der Waals surface area contributed by atoms with Crippen molar-refractivity contribution in [3.8, 4) is 16.9 Å². The van der Waals surface area contributed by atoms with Crippen LogP contribution in [-0.4, -0.2) is 44.3 Å². The van der Waals surface area contributed by atoms with Gasteiger partial charge < -0.3 is 4.74 Å². The summed E-state index contributed by atoms with van der Waals surface area (Å²) in [4.78, 5) is 40.3. The summed E-state index contributed by atoms with van der Waals surface area (Å²) in [6.07, 6.45) is 3.80.